The first-order chi connectivity index (χ1) is 9.93. The Morgan fingerprint density at radius 1 is 1.33 bits per heavy atom. The van der Waals surface area contributed by atoms with Crippen LogP contribution < -0.4 is 11.1 Å². The molecular weight excluding hydrogens is 280 g/mol. The van der Waals surface area contributed by atoms with Gasteiger partial charge in [0.2, 0.25) is 11.8 Å². The normalized spacial score (nSPS) is 19.2. The second kappa shape index (κ2) is 6.07. The van der Waals surface area contributed by atoms with E-state index in [9.17, 15) is 13.6 Å². The van der Waals surface area contributed by atoms with Crippen molar-refractivity contribution >= 4 is 17.4 Å². The van der Waals surface area contributed by atoms with E-state index in [-0.39, 0.29) is 37.4 Å². The number of nitrogens with zero attached hydrogens (tertiary/aromatic N) is 1. The van der Waals surface area contributed by atoms with Crippen LogP contribution in [0.4, 0.5) is 14.5 Å². The Bertz CT molecular complexity index is 551. The van der Waals surface area contributed by atoms with Gasteiger partial charge in [0.1, 0.15) is 0 Å². The van der Waals surface area contributed by atoms with Gasteiger partial charge in [-0.3, -0.25) is 4.79 Å². The molecule has 1 fully saturated rings. The minimum atomic E-state index is -2.66. The molecule has 0 unspecified atom stereocenters. The highest BCUT2D eigenvalue weighted by molar-refractivity contribution is 6.05. The van der Waals surface area contributed by atoms with Crippen molar-refractivity contribution < 1.29 is 18.8 Å². The molecule has 0 aliphatic heterocycles. The zero-order chi connectivity index (χ0) is 15.5. The molecule has 21 heavy (non-hydrogen) atoms. The summed E-state index contributed by atoms with van der Waals surface area (Å²) in [5.41, 5.74) is 6.32. The molecule has 0 bridgehead atoms. The van der Waals surface area contributed by atoms with Gasteiger partial charge in [0.25, 0.3) is 0 Å². The summed E-state index contributed by atoms with van der Waals surface area (Å²) in [6.45, 7) is 0. The minimum absolute atomic E-state index is 0.124. The third kappa shape index (κ3) is 3.68. The number of para-hydroxylation sites is 1. The average molecular weight is 297 g/mol. The quantitative estimate of drug-likeness (QED) is 0.347. The number of hydrogen-bond acceptors (Lipinski definition) is 3. The van der Waals surface area contributed by atoms with Gasteiger partial charge in [-0.2, -0.15) is 0 Å². The Labute approximate surface area is 120 Å². The predicted octanol–water partition coefficient (Wildman–Crippen LogP) is 2.55. The monoisotopic (exact) mass is 297 g/mol. The number of oxime groups is 1. The summed E-state index contributed by atoms with van der Waals surface area (Å²) in [7, 11) is 0. The summed E-state index contributed by atoms with van der Waals surface area (Å²) < 4.78 is 26.2. The fourth-order valence-electron chi connectivity index (χ4n) is 2.41. The van der Waals surface area contributed by atoms with Gasteiger partial charge in [-0.1, -0.05) is 17.3 Å². The van der Waals surface area contributed by atoms with E-state index in [4.69, 9.17) is 10.9 Å². The van der Waals surface area contributed by atoms with E-state index in [1.807, 2.05) is 0 Å². The zero-order valence-corrected chi connectivity index (χ0v) is 11.4. The van der Waals surface area contributed by atoms with Crippen LogP contribution in [-0.2, 0) is 4.79 Å². The number of nitrogens with two attached hydrogens (primary N) is 1. The lowest BCUT2D eigenvalue weighted by Gasteiger charge is -2.27. The molecule has 0 heterocycles. The summed E-state index contributed by atoms with van der Waals surface area (Å²) in [5.74, 6) is -3.54. The van der Waals surface area contributed by atoms with Gasteiger partial charge in [0.15, 0.2) is 5.84 Å². The van der Waals surface area contributed by atoms with Gasteiger partial charge >= 0.3 is 0 Å². The Hall–Kier alpha value is -2.18. The number of carbonyl (C=O) groups is 1. The molecule has 4 N–H and O–H groups in total. The number of rotatable bonds is 3. The van der Waals surface area contributed by atoms with E-state index < -0.39 is 11.8 Å². The second-order valence-electron chi connectivity index (χ2n) is 5.15. The maximum absolute atomic E-state index is 13.1. The third-order valence-corrected chi connectivity index (χ3v) is 3.66. The van der Waals surface area contributed by atoms with Crippen molar-refractivity contribution in [1.29, 1.82) is 0 Å². The lowest BCUT2D eigenvalue weighted by atomic mass is 9.86. The van der Waals surface area contributed by atoms with Crippen LogP contribution in [0.2, 0.25) is 0 Å². The fraction of sp³-hybridized carbons (Fsp3) is 0.429. The van der Waals surface area contributed by atoms with Crippen LogP contribution in [0.5, 0.6) is 0 Å². The predicted molar refractivity (Wildman–Crippen MR) is 74.5 cm³/mol. The minimum Gasteiger partial charge on any atom is -0.409 e. The van der Waals surface area contributed by atoms with E-state index >= 15 is 0 Å². The molecule has 7 heteroatoms. The molecule has 0 atom stereocenters. The Balaban J connectivity index is 2.07. The van der Waals surface area contributed by atoms with Crippen molar-refractivity contribution in [1.82, 2.24) is 0 Å². The van der Waals surface area contributed by atoms with Crippen molar-refractivity contribution in [3.63, 3.8) is 0 Å². The van der Waals surface area contributed by atoms with Crippen molar-refractivity contribution in [2.75, 3.05) is 5.32 Å². The summed E-state index contributed by atoms with van der Waals surface area (Å²) in [4.78, 5) is 12.1. The molecule has 0 spiro atoms. The number of benzene rings is 1. The van der Waals surface area contributed by atoms with Gasteiger partial charge < -0.3 is 16.3 Å². The molecule has 1 aromatic carbocycles. The smallest absolute Gasteiger partial charge is 0.248 e. The SMILES string of the molecule is N/C(=N/O)c1ccccc1NC(=O)C1CCC(F)(F)CC1. The highest BCUT2D eigenvalue weighted by Gasteiger charge is 2.37. The molecule has 1 amide bonds. The first-order valence-electron chi connectivity index (χ1n) is 6.68. The standard InChI is InChI=1S/C14H17F2N3O2/c15-14(16)7-5-9(6-8-14)13(20)18-11-4-2-1-3-10(11)12(17)19-21/h1-4,9,21H,5-8H2,(H2,17,19)(H,18,20). The number of carbonyl (C=O) groups excluding carboxylic acids is 1. The highest BCUT2D eigenvalue weighted by Crippen LogP contribution is 2.36. The van der Waals surface area contributed by atoms with Gasteiger partial charge in [-0.25, -0.2) is 8.78 Å². The molecule has 1 aliphatic rings. The third-order valence-electron chi connectivity index (χ3n) is 3.66. The molecular formula is C14H17F2N3O2. The van der Waals surface area contributed by atoms with Crippen LogP contribution in [0.15, 0.2) is 29.4 Å². The van der Waals surface area contributed by atoms with Crippen LogP contribution in [0.3, 0.4) is 0 Å². The number of nitrogens with one attached hydrogen (secondary N) is 1. The number of halogens is 2. The summed E-state index contributed by atoms with van der Waals surface area (Å²) in [5, 5.41) is 14.3. The molecule has 0 saturated heterocycles. The number of amides is 1. The van der Waals surface area contributed by atoms with Crippen molar-refractivity contribution in [3.05, 3.63) is 29.8 Å². The summed E-state index contributed by atoms with van der Waals surface area (Å²) >= 11 is 0. The highest BCUT2D eigenvalue weighted by atomic mass is 19.3. The van der Waals surface area contributed by atoms with Crippen molar-refractivity contribution in [3.8, 4) is 0 Å². The zero-order valence-electron chi connectivity index (χ0n) is 11.4. The van der Waals surface area contributed by atoms with E-state index in [1.54, 1.807) is 24.3 Å². The van der Waals surface area contributed by atoms with Crippen LogP contribution in [0, 0.1) is 5.92 Å². The lowest BCUT2D eigenvalue weighted by Crippen LogP contribution is -2.32. The van der Waals surface area contributed by atoms with E-state index in [0.717, 1.165) is 0 Å². The molecule has 5 nitrogen and oxygen atoms in total. The van der Waals surface area contributed by atoms with Crippen LogP contribution >= 0.6 is 0 Å². The average Bonchev–Trinajstić information content (AvgIpc) is 2.46. The van der Waals surface area contributed by atoms with Gasteiger partial charge in [-0.15, -0.1) is 0 Å². The summed E-state index contributed by atoms with van der Waals surface area (Å²) in [6, 6.07) is 6.59. The number of hydrogen-bond donors (Lipinski definition) is 3. The van der Waals surface area contributed by atoms with Crippen molar-refractivity contribution in [2.45, 2.75) is 31.6 Å². The van der Waals surface area contributed by atoms with E-state index in [2.05, 4.69) is 10.5 Å². The molecule has 0 aromatic heterocycles. The van der Waals surface area contributed by atoms with Crippen LogP contribution in [0.25, 0.3) is 0 Å². The van der Waals surface area contributed by atoms with Gasteiger partial charge in [0, 0.05) is 24.3 Å². The molecule has 0 radical (unpaired) electrons. The van der Waals surface area contributed by atoms with Crippen LogP contribution in [-0.4, -0.2) is 22.9 Å². The number of amidine groups is 1. The van der Waals surface area contributed by atoms with E-state index in [0.29, 0.717) is 11.3 Å². The number of alkyl halides is 2. The van der Waals surface area contributed by atoms with Gasteiger partial charge in [-0.05, 0) is 25.0 Å². The summed E-state index contributed by atoms with van der Waals surface area (Å²) in [6.07, 6.45) is -0.227. The topological polar surface area (TPSA) is 87.7 Å². The first-order valence-corrected chi connectivity index (χ1v) is 6.68. The molecule has 1 aliphatic carbocycles. The lowest BCUT2D eigenvalue weighted by molar-refractivity contribution is -0.124. The Morgan fingerprint density at radius 2 is 1.95 bits per heavy atom. The second-order valence-corrected chi connectivity index (χ2v) is 5.15. The fourth-order valence-corrected chi connectivity index (χ4v) is 2.41. The van der Waals surface area contributed by atoms with Gasteiger partial charge in [0.05, 0.1) is 5.69 Å². The maximum atomic E-state index is 13.1. The Morgan fingerprint density at radius 3 is 2.57 bits per heavy atom. The van der Waals surface area contributed by atoms with E-state index in [1.165, 1.54) is 0 Å². The molecule has 114 valence electrons. The largest absolute Gasteiger partial charge is 0.409 e. The molecule has 1 aromatic rings. The molecule has 2 rings (SSSR count). The maximum Gasteiger partial charge on any atom is 0.248 e. The van der Waals surface area contributed by atoms with Crippen LogP contribution in [0.1, 0.15) is 31.2 Å². The number of anilines is 1. The Kier molecular flexibility index (Phi) is 4.40. The molecule has 1 saturated carbocycles. The first kappa shape index (κ1) is 15.2. The van der Waals surface area contributed by atoms with Crippen molar-refractivity contribution in [2.24, 2.45) is 16.8 Å².